The first kappa shape index (κ1) is 107. The van der Waals surface area contributed by atoms with E-state index >= 15 is 0 Å². The molecular weight excluding hydrogens is 1930 g/mol. The number of hydrogen-bond donors (Lipinski definition) is 0. The SMILES string of the molecule is Cc1cc(C)c(P(=O)(c2ccccc2)c2c(C)cc(C)cc2C)c(C)c1.O=P(C1CCCCC1)(C1CCCCC1)C1CCCCC1.O=P(c1ccc(F)cc1)(c1ccc(F)cc1)c1ccc(F)cc1.O=P(c1ccccc1)(c1ccc(-c2ccccc2)cc1)c1ccc(-c2ccccc2)cc1.O=P(c1ccccc1)(c1ccccc1)c1ccc(-c2ccccc2)cc1.O=P(c1ccccc1)(c1ccccc1)c1ccncc1. The molecule has 0 amide bonds. The lowest BCUT2D eigenvalue weighted by molar-refractivity contribution is 0.418. The fourth-order valence-electron chi connectivity index (χ4n) is 21.7. The van der Waals surface area contributed by atoms with Crippen molar-refractivity contribution in [3.8, 4) is 33.4 Å². The number of halogens is 3. The van der Waals surface area contributed by atoms with Crippen LogP contribution in [0.2, 0.25) is 0 Å². The minimum absolute atomic E-state index is 0.400. The van der Waals surface area contributed by atoms with Gasteiger partial charge in [0.25, 0.3) is 0 Å². The van der Waals surface area contributed by atoms with Gasteiger partial charge in [0.15, 0.2) is 35.7 Å². The zero-order valence-electron chi connectivity index (χ0n) is 84.5. The van der Waals surface area contributed by atoms with E-state index in [9.17, 15) is 40.6 Å². The molecule has 0 spiro atoms. The van der Waals surface area contributed by atoms with Crippen LogP contribution in [0.25, 0.3) is 33.4 Å². The standard InChI is InChI=1S/C30H23OP.C24H19OP.C24H27OP.C18H12F3OP.C18H33OP.C17H14NOP/c31-32(28-14-8-3-9-15-28,29-20-16-26(17-21-29)24-10-4-1-5-11-24)30-22-18-27(19-23-30)25-12-6-2-7-13-25;25-26(22-12-6-2-7-13-22,23-14-8-3-9-15-23)24-18-16-21(17-19-24)20-10-4-1-5-11-20;1-16-12-18(3)23(19(4)13-16)26(25,22-10-8-7-9-11-22)24-20(5)14-17(2)15-21(24)6;19-13-1-7-16(8-2-13)23(22,17-9-3-14(20)4-10-17)18-11-5-15(21)6-12-18;19-20(16-10-4-1-5-11-16,17-12-6-2-7-13-17)18-14-8-3-9-15-18;19-20(15-7-3-1-4-8-15,16-9-5-2-6-10-16)17-11-13-18-14-12-17/h1-23H;1-19H;7-15H,1-6H3;1-12H;16-18H,1-15H2;1-14H. The molecule has 17 aromatic carbocycles. The van der Waals surface area contributed by atoms with Crippen LogP contribution in [0.4, 0.5) is 13.2 Å². The molecule has 18 aromatic rings. The minimum atomic E-state index is -3.34. The van der Waals surface area contributed by atoms with Crippen molar-refractivity contribution in [3.63, 3.8) is 0 Å². The third kappa shape index (κ3) is 24.9. The van der Waals surface area contributed by atoms with Gasteiger partial charge in [-0.3, -0.25) is 4.98 Å². The Morgan fingerprint density at radius 2 is 0.354 bits per heavy atom. The summed E-state index contributed by atoms with van der Waals surface area (Å²) in [7, 11) is -17.0. The van der Waals surface area contributed by atoms with Gasteiger partial charge < -0.3 is 27.4 Å². The molecule has 147 heavy (non-hydrogen) atoms. The number of rotatable bonds is 21. The van der Waals surface area contributed by atoms with Crippen LogP contribution in [-0.4, -0.2) is 22.0 Å². The molecular formula is C131H128F3NO6P6. The highest BCUT2D eigenvalue weighted by atomic mass is 31.2. The van der Waals surface area contributed by atoms with Gasteiger partial charge in [-0.2, -0.15) is 0 Å². The first-order valence-electron chi connectivity index (χ1n) is 51.2. The first-order chi connectivity index (χ1) is 71.4. The van der Waals surface area contributed by atoms with Gasteiger partial charge in [0.2, 0.25) is 0 Å². The number of aryl methyl sites for hydroxylation is 6. The lowest BCUT2D eigenvalue weighted by Crippen LogP contribution is -2.31. The molecule has 21 rings (SSSR count). The summed E-state index contributed by atoms with van der Waals surface area (Å²) >= 11 is 0. The maximum Gasteiger partial charge on any atom is 0.172 e. The molecule has 0 saturated heterocycles. The predicted molar refractivity (Wildman–Crippen MR) is 620 cm³/mol. The zero-order chi connectivity index (χ0) is 103. The fourth-order valence-corrected chi connectivity index (χ4v) is 41.1. The molecule has 0 atom stereocenters. The van der Waals surface area contributed by atoms with Crippen LogP contribution in [0.3, 0.4) is 0 Å². The molecule has 3 aliphatic carbocycles. The van der Waals surface area contributed by atoms with Crippen molar-refractivity contribution in [2.24, 2.45) is 0 Å². The second kappa shape index (κ2) is 50.2. The lowest BCUT2D eigenvalue weighted by atomic mass is 9.99. The largest absolute Gasteiger partial charge is 0.323 e. The van der Waals surface area contributed by atoms with Crippen LogP contribution < -0.4 is 79.6 Å². The Kier molecular flexibility index (Phi) is 36.5. The number of nitrogens with zero attached hydrogens (tertiary/aromatic N) is 1. The smallest absolute Gasteiger partial charge is 0.172 e. The van der Waals surface area contributed by atoms with E-state index in [1.54, 1.807) is 12.4 Å². The molecule has 0 aliphatic heterocycles. The van der Waals surface area contributed by atoms with E-state index in [1.807, 2.05) is 285 Å². The van der Waals surface area contributed by atoms with Crippen molar-refractivity contribution in [2.75, 3.05) is 0 Å². The Morgan fingerprint density at radius 3 is 0.558 bits per heavy atom. The average Bonchev–Trinajstić information content (AvgIpc) is 0.668. The van der Waals surface area contributed by atoms with Gasteiger partial charge in [-0.1, -0.05) is 439 Å². The quantitative estimate of drug-likeness (QED) is 0.0658. The Bertz CT molecular complexity index is 7100. The first-order valence-corrected chi connectivity index (χ1v) is 61.6. The van der Waals surface area contributed by atoms with E-state index in [4.69, 9.17) is 0 Å². The summed E-state index contributed by atoms with van der Waals surface area (Å²) in [5.41, 5.74) is 15.6. The second-order valence-electron chi connectivity index (χ2n) is 38.6. The fraction of sp³-hybridized carbons (Fsp3) is 0.183. The van der Waals surface area contributed by atoms with Gasteiger partial charge in [0, 0.05) is 109 Å². The highest BCUT2D eigenvalue weighted by molar-refractivity contribution is 7.87. The number of pyridine rings is 1. The molecule has 3 fully saturated rings. The van der Waals surface area contributed by atoms with Crippen molar-refractivity contribution >= 4 is 122 Å². The minimum Gasteiger partial charge on any atom is -0.323 e. The van der Waals surface area contributed by atoms with Gasteiger partial charge >= 0.3 is 0 Å². The molecule has 0 unspecified atom stereocenters. The van der Waals surface area contributed by atoms with Crippen LogP contribution in [0.5, 0.6) is 0 Å². The Labute approximate surface area is 868 Å². The topological polar surface area (TPSA) is 115 Å². The van der Waals surface area contributed by atoms with Crippen LogP contribution in [0.1, 0.15) is 130 Å². The summed E-state index contributed by atoms with van der Waals surface area (Å²) < 4.78 is 125. The van der Waals surface area contributed by atoms with Crippen LogP contribution in [0, 0.1) is 59.0 Å². The molecule has 0 radical (unpaired) electrons. The third-order valence-corrected chi connectivity index (χ3v) is 49.6. The maximum atomic E-state index is 14.9. The summed E-state index contributed by atoms with van der Waals surface area (Å²) in [6.45, 7) is 12.5. The number of benzene rings is 17. The highest BCUT2D eigenvalue weighted by Gasteiger charge is 2.47. The van der Waals surface area contributed by atoms with E-state index in [0.717, 1.165) is 119 Å². The number of hydrogen-bond acceptors (Lipinski definition) is 7. The van der Waals surface area contributed by atoms with E-state index in [-0.39, 0.29) is 0 Å². The van der Waals surface area contributed by atoms with Crippen molar-refractivity contribution in [3.05, 3.63) is 518 Å². The molecule has 0 N–H and O–H groups in total. The maximum absolute atomic E-state index is 14.9. The molecule has 1 aromatic heterocycles. The average molecular weight is 2060 g/mol. The van der Waals surface area contributed by atoms with Gasteiger partial charge in [0.05, 0.1) is 7.14 Å². The Hall–Kier alpha value is -12.9. The van der Waals surface area contributed by atoms with Crippen LogP contribution >= 0.6 is 42.9 Å². The molecule has 3 saturated carbocycles. The molecule has 0 bridgehead atoms. The monoisotopic (exact) mass is 2050 g/mol. The van der Waals surface area contributed by atoms with Gasteiger partial charge in [-0.15, -0.1) is 0 Å². The van der Waals surface area contributed by atoms with Crippen molar-refractivity contribution in [1.82, 2.24) is 4.98 Å². The molecule has 16 heteroatoms. The van der Waals surface area contributed by atoms with Crippen LogP contribution in [0.15, 0.2) is 467 Å². The summed E-state index contributed by atoms with van der Waals surface area (Å²) in [4.78, 5) is 4.03. The predicted octanol–water partition coefficient (Wildman–Crippen LogP) is 29.6. The normalized spacial score (nSPS) is 13.7. The van der Waals surface area contributed by atoms with Crippen molar-refractivity contribution in [2.45, 2.75) is 155 Å². The zero-order valence-corrected chi connectivity index (χ0v) is 89.9. The van der Waals surface area contributed by atoms with E-state index < -0.39 is 60.3 Å². The Balaban J connectivity index is 0.000000127. The Morgan fingerprint density at radius 1 is 0.190 bits per heavy atom. The van der Waals surface area contributed by atoms with Gasteiger partial charge in [-0.25, -0.2) is 13.2 Å². The van der Waals surface area contributed by atoms with Crippen molar-refractivity contribution in [1.29, 1.82) is 0 Å². The second-order valence-corrected chi connectivity index (χ2v) is 56.0. The molecule has 744 valence electrons. The van der Waals surface area contributed by atoms with Crippen molar-refractivity contribution < 1.29 is 40.6 Å². The summed E-state index contributed by atoms with van der Waals surface area (Å²) in [6.07, 6.45) is 23.5. The highest BCUT2D eigenvalue weighted by Crippen LogP contribution is 2.68. The van der Waals surface area contributed by atoms with Gasteiger partial charge in [0.1, 0.15) is 17.5 Å². The van der Waals surface area contributed by atoms with E-state index in [1.165, 1.54) is 180 Å². The summed E-state index contributed by atoms with van der Waals surface area (Å²) in [6, 6.07) is 142. The van der Waals surface area contributed by atoms with Crippen LogP contribution in [-0.2, 0) is 27.4 Å². The molecule has 1 heterocycles. The molecule has 7 nitrogen and oxygen atoms in total. The van der Waals surface area contributed by atoms with Gasteiger partial charge in [-0.05, 0) is 221 Å². The van der Waals surface area contributed by atoms with E-state index in [2.05, 4.69) is 144 Å². The number of aromatic nitrogens is 1. The third-order valence-electron chi connectivity index (χ3n) is 28.7. The lowest BCUT2D eigenvalue weighted by Gasteiger charge is -2.44. The summed E-state index contributed by atoms with van der Waals surface area (Å²) in [5.74, 6) is -1.34. The summed E-state index contributed by atoms with van der Waals surface area (Å²) in [5, 5.41) is 11.7. The van der Waals surface area contributed by atoms with E-state index in [0.29, 0.717) is 32.9 Å². The molecule has 3 aliphatic rings.